The minimum absolute atomic E-state index is 0.0304. The number of benzene rings is 3. The van der Waals surface area contributed by atoms with Crippen LogP contribution < -0.4 is 9.62 Å². The highest BCUT2D eigenvalue weighted by atomic mass is 35.5. The van der Waals surface area contributed by atoms with Crippen molar-refractivity contribution in [3.63, 3.8) is 0 Å². The number of nitrogens with one attached hydrogen (secondary N) is 1. The maximum Gasteiger partial charge on any atom is 0.271 e. The SMILES string of the molecule is CC[C@H](C)NC(=O)[C@@H](Cc1ccccc1)N(Cc1cccc(Cl)c1)C(=O)CN(c1cccc([N+](=O)[O-])c1)S(C)(=O)=O. The van der Waals surface area contributed by atoms with Crippen molar-refractivity contribution in [1.82, 2.24) is 10.2 Å². The predicted octanol–water partition coefficient (Wildman–Crippen LogP) is 4.57. The molecular formula is C29H33ClN4O6S. The van der Waals surface area contributed by atoms with Crippen LogP contribution in [-0.4, -0.2) is 54.9 Å². The Balaban J connectivity index is 2.08. The van der Waals surface area contributed by atoms with Crippen molar-refractivity contribution in [3.05, 3.63) is 105 Å². The number of nitro benzene ring substituents is 1. The first kappa shape index (κ1) is 31.6. The number of carbonyl (C=O) groups is 2. The van der Waals surface area contributed by atoms with Gasteiger partial charge >= 0.3 is 0 Å². The van der Waals surface area contributed by atoms with Crippen LogP contribution in [0.4, 0.5) is 11.4 Å². The minimum atomic E-state index is -4.05. The van der Waals surface area contributed by atoms with E-state index in [1.165, 1.54) is 23.1 Å². The topological polar surface area (TPSA) is 130 Å². The average molecular weight is 601 g/mol. The summed E-state index contributed by atoms with van der Waals surface area (Å²) < 4.78 is 26.5. The zero-order valence-corrected chi connectivity index (χ0v) is 24.6. The lowest BCUT2D eigenvalue weighted by atomic mass is 10.0. The third kappa shape index (κ3) is 9.02. The molecule has 0 unspecified atom stereocenters. The zero-order chi connectivity index (χ0) is 30.2. The van der Waals surface area contributed by atoms with Crippen LogP contribution in [0.3, 0.4) is 0 Å². The molecule has 1 N–H and O–H groups in total. The molecule has 0 aromatic heterocycles. The van der Waals surface area contributed by atoms with E-state index in [2.05, 4.69) is 5.32 Å². The lowest BCUT2D eigenvalue weighted by Crippen LogP contribution is -2.54. The van der Waals surface area contributed by atoms with Crippen LogP contribution in [0.5, 0.6) is 0 Å². The summed E-state index contributed by atoms with van der Waals surface area (Å²) in [4.78, 5) is 39.7. The molecule has 0 fully saturated rings. The van der Waals surface area contributed by atoms with Gasteiger partial charge in [0, 0.05) is 36.2 Å². The first-order valence-corrected chi connectivity index (χ1v) is 15.2. The van der Waals surface area contributed by atoms with Gasteiger partial charge in [-0.2, -0.15) is 0 Å². The smallest absolute Gasteiger partial charge is 0.271 e. The maximum absolute atomic E-state index is 14.0. The molecule has 3 aromatic carbocycles. The fourth-order valence-corrected chi connectivity index (χ4v) is 5.26. The number of amides is 2. The maximum atomic E-state index is 14.0. The van der Waals surface area contributed by atoms with E-state index in [1.54, 1.807) is 24.3 Å². The third-order valence-electron chi connectivity index (χ3n) is 6.52. The summed E-state index contributed by atoms with van der Waals surface area (Å²) in [7, 11) is -4.05. The Kier molecular flexibility index (Phi) is 10.8. The molecule has 0 saturated carbocycles. The number of hydrogen-bond acceptors (Lipinski definition) is 6. The molecule has 0 spiro atoms. The Labute approximate surface area is 245 Å². The number of rotatable bonds is 13. The molecule has 218 valence electrons. The summed E-state index contributed by atoms with van der Waals surface area (Å²) in [6, 6.07) is 19.9. The molecule has 12 heteroatoms. The van der Waals surface area contributed by atoms with Gasteiger partial charge in [0.2, 0.25) is 21.8 Å². The highest BCUT2D eigenvalue weighted by molar-refractivity contribution is 7.92. The fourth-order valence-electron chi connectivity index (χ4n) is 4.20. The van der Waals surface area contributed by atoms with E-state index in [4.69, 9.17) is 11.6 Å². The Morgan fingerprint density at radius 1 is 1.00 bits per heavy atom. The van der Waals surface area contributed by atoms with Gasteiger partial charge in [-0.15, -0.1) is 0 Å². The van der Waals surface area contributed by atoms with Crippen molar-refractivity contribution in [2.24, 2.45) is 0 Å². The van der Waals surface area contributed by atoms with Crippen LogP contribution in [0.15, 0.2) is 78.9 Å². The van der Waals surface area contributed by atoms with Crippen LogP contribution in [-0.2, 0) is 32.6 Å². The molecule has 10 nitrogen and oxygen atoms in total. The second-order valence-corrected chi connectivity index (χ2v) is 12.1. The third-order valence-corrected chi connectivity index (χ3v) is 7.90. The monoisotopic (exact) mass is 600 g/mol. The van der Waals surface area contributed by atoms with Crippen LogP contribution in [0.25, 0.3) is 0 Å². The standard InChI is InChI=1S/C29H33ClN4O6S/c1-4-21(2)31-29(36)27(17-22-10-6-5-7-11-22)32(19-23-12-8-13-24(30)16-23)28(35)20-33(41(3,39)40)25-14-9-15-26(18-25)34(37)38/h5-16,18,21,27H,4,17,19-20H2,1-3H3,(H,31,36)/t21-,27+/m0/s1. The van der Waals surface area contributed by atoms with Gasteiger partial charge in [0.05, 0.1) is 16.9 Å². The van der Waals surface area contributed by atoms with Gasteiger partial charge in [0.25, 0.3) is 5.69 Å². The summed E-state index contributed by atoms with van der Waals surface area (Å²) in [5.74, 6) is -1.05. The molecule has 3 rings (SSSR count). The number of hydrogen-bond donors (Lipinski definition) is 1. The van der Waals surface area contributed by atoms with Crippen molar-refractivity contribution in [2.75, 3.05) is 17.1 Å². The van der Waals surface area contributed by atoms with E-state index in [-0.39, 0.29) is 36.3 Å². The van der Waals surface area contributed by atoms with E-state index < -0.39 is 33.4 Å². The number of anilines is 1. The van der Waals surface area contributed by atoms with Gasteiger partial charge in [0.1, 0.15) is 12.6 Å². The van der Waals surface area contributed by atoms with Crippen LogP contribution in [0, 0.1) is 10.1 Å². The quantitative estimate of drug-likeness (QED) is 0.226. The van der Waals surface area contributed by atoms with Crippen molar-refractivity contribution in [1.29, 1.82) is 0 Å². The van der Waals surface area contributed by atoms with Gasteiger partial charge in [-0.05, 0) is 42.7 Å². The second-order valence-electron chi connectivity index (χ2n) is 9.72. The fraction of sp³-hybridized carbons (Fsp3) is 0.310. The van der Waals surface area contributed by atoms with Gasteiger partial charge in [-0.3, -0.25) is 24.0 Å². The van der Waals surface area contributed by atoms with Crippen molar-refractivity contribution >= 4 is 44.8 Å². The molecule has 0 saturated heterocycles. The van der Waals surface area contributed by atoms with E-state index >= 15 is 0 Å². The molecule has 41 heavy (non-hydrogen) atoms. The summed E-state index contributed by atoms with van der Waals surface area (Å²) in [5, 5.41) is 14.7. The molecular weight excluding hydrogens is 568 g/mol. The first-order valence-electron chi connectivity index (χ1n) is 13.0. The second kappa shape index (κ2) is 14.1. The zero-order valence-electron chi connectivity index (χ0n) is 23.1. The highest BCUT2D eigenvalue weighted by Gasteiger charge is 2.33. The van der Waals surface area contributed by atoms with E-state index in [0.717, 1.165) is 22.2 Å². The molecule has 2 amide bonds. The molecule has 2 atom stereocenters. The summed E-state index contributed by atoms with van der Waals surface area (Å²) >= 11 is 6.21. The lowest BCUT2D eigenvalue weighted by Gasteiger charge is -2.34. The van der Waals surface area contributed by atoms with Gasteiger partial charge in [-0.25, -0.2) is 8.42 Å². The number of non-ortho nitro benzene ring substituents is 1. The van der Waals surface area contributed by atoms with Crippen LogP contribution >= 0.6 is 11.6 Å². The van der Waals surface area contributed by atoms with Crippen LogP contribution in [0.1, 0.15) is 31.4 Å². The summed E-state index contributed by atoms with van der Waals surface area (Å²) in [6.07, 6.45) is 1.75. The van der Waals surface area contributed by atoms with Crippen molar-refractivity contribution in [3.8, 4) is 0 Å². The van der Waals surface area contributed by atoms with Gasteiger partial charge in [0.15, 0.2) is 0 Å². The molecule has 0 aliphatic heterocycles. The largest absolute Gasteiger partial charge is 0.352 e. The number of nitro groups is 1. The van der Waals surface area contributed by atoms with Crippen LogP contribution in [0.2, 0.25) is 5.02 Å². The number of nitrogens with zero attached hydrogens (tertiary/aromatic N) is 3. The molecule has 0 aliphatic rings. The molecule has 3 aromatic rings. The van der Waals surface area contributed by atoms with Gasteiger partial charge < -0.3 is 10.2 Å². The van der Waals surface area contributed by atoms with E-state index in [1.807, 2.05) is 44.2 Å². The first-order chi connectivity index (χ1) is 19.4. The summed E-state index contributed by atoms with van der Waals surface area (Å²) in [6.45, 7) is 3.07. The van der Waals surface area contributed by atoms with Crippen molar-refractivity contribution in [2.45, 2.75) is 45.3 Å². The van der Waals surface area contributed by atoms with E-state index in [0.29, 0.717) is 17.0 Å². The minimum Gasteiger partial charge on any atom is -0.352 e. The number of carbonyl (C=O) groups excluding carboxylic acids is 2. The lowest BCUT2D eigenvalue weighted by molar-refractivity contribution is -0.384. The molecule has 0 radical (unpaired) electrons. The highest BCUT2D eigenvalue weighted by Crippen LogP contribution is 2.24. The molecule has 0 aliphatic carbocycles. The predicted molar refractivity (Wildman–Crippen MR) is 159 cm³/mol. The van der Waals surface area contributed by atoms with Crippen molar-refractivity contribution < 1.29 is 22.9 Å². The molecule has 0 bridgehead atoms. The normalized spacial score (nSPS) is 12.7. The average Bonchev–Trinajstić information content (AvgIpc) is 2.93. The molecule has 0 heterocycles. The Morgan fingerprint density at radius 3 is 2.27 bits per heavy atom. The Morgan fingerprint density at radius 2 is 1.66 bits per heavy atom. The Hall–Kier alpha value is -3.96. The number of halogens is 1. The van der Waals surface area contributed by atoms with Gasteiger partial charge in [-0.1, -0.05) is 67.1 Å². The van der Waals surface area contributed by atoms with E-state index in [9.17, 15) is 28.1 Å². The number of sulfonamides is 1. The Bertz CT molecular complexity index is 1490. The summed E-state index contributed by atoms with van der Waals surface area (Å²) in [5.41, 5.74) is 1.08.